The van der Waals surface area contributed by atoms with Crippen LogP contribution in [0.2, 0.25) is 0 Å². The second-order valence-corrected chi connectivity index (χ2v) is 8.01. The molecule has 0 aliphatic carbocycles. The molecule has 1 aliphatic heterocycles. The average molecular weight is 382 g/mol. The number of aliphatic hydroxyl groups excluding tert-OH is 1. The Labute approximate surface area is 155 Å². The van der Waals surface area contributed by atoms with Gasteiger partial charge in [0.1, 0.15) is 36.6 Å². The normalized spacial score (nSPS) is 24.2. The highest BCUT2D eigenvalue weighted by Gasteiger charge is 2.35. The van der Waals surface area contributed by atoms with Gasteiger partial charge in [-0.15, -0.1) is 0 Å². The van der Waals surface area contributed by atoms with E-state index >= 15 is 0 Å². The van der Waals surface area contributed by atoms with Gasteiger partial charge in [-0.3, -0.25) is 0 Å². The summed E-state index contributed by atoms with van der Waals surface area (Å²) in [5, 5.41) is 19.2. The van der Waals surface area contributed by atoms with E-state index in [1.54, 1.807) is 11.8 Å². The Kier molecular flexibility index (Phi) is 5.97. The third kappa shape index (κ3) is 4.26. The number of nitrogens with one attached hydrogen (secondary N) is 2. The molecule has 9 nitrogen and oxygen atoms in total. The number of nitrogens with two attached hydrogens (primary N) is 1. The molecule has 26 heavy (non-hydrogen) atoms. The Hall–Kier alpha value is -1.88. The number of anilines is 1. The first-order chi connectivity index (χ1) is 12.5. The third-order valence-corrected chi connectivity index (χ3v) is 6.08. The van der Waals surface area contributed by atoms with Crippen LogP contribution in [0, 0.1) is 5.92 Å². The minimum absolute atomic E-state index is 0.216. The zero-order valence-corrected chi connectivity index (χ0v) is 15.3. The lowest BCUT2D eigenvalue weighted by atomic mass is 10.1. The number of carbonyl (C=O) groups is 1. The summed E-state index contributed by atoms with van der Waals surface area (Å²) >= 11 is 1.69. The molecule has 0 saturated carbocycles. The van der Waals surface area contributed by atoms with E-state index in [1.165, 1.54) is 11.2 Å². The van der Waals surface area contributed by atoms with Gasteiger partial charge in [0.2, 0.25) is 0 Å². The van der Waals surface area contributed by atoms with Crippen molar-refractivity contribution in [2.24, 2.45) is 5.92 Å². The standard InChI is InChI=1S/C16H24N6O3S/c17-11(16(24)25)1-2-26-7-10-5-22(6-12(10)23)4-9-3-19-14-13(9)20-8-21-15(14)18/h3,8,10-12,19,23H,1-2,4-7,17H2,(H,24,25)(H2,18,20,21)/p+2/t10-,11+,12+/m1/s1. The molecule has 0 radical (unpaired) electrons. The zero-order valence-electron chi connectivity index (χ0n) is 14.5. The number of aliphatic hydroxyl groups is 1. The van der Waals surface area contributed by atoms with Gasteiger partial charge in [0.05, 0.1) is 12.1 Å². The fraction of sp³-hybridized carbons (Fsp3) is 0.562. The van der Waals surface area contributed by atoms with Crippen LogP contribution in [0.3, 0.4) is 0 Å². The molecule has 4 atom stereocenters. The monoisotopic (exact) mass is 382 g/mol. The van der Waals surface area contributed by atoms with Crippen LogP contribution < -0.4 is 16.4 Å². The van der Waals surface area contributed by atoms with Crippen LogP contribution in [0.5, 0.6) is 0 Å². The Balaban J connectivity index is 1.50. The van der Waals surface area contributed by atoms with Crippen LogP contribution >= 0.6 is 11.8 Å². The maximum absolute atomic E-state index is 10.8. The minimum Gasteiger partial charge on any atom is -0.477 e. The number of hydrogen-bond acceptors (Lipinski definition) is 6. The van der Waals surface area contributed by atoms with E-state index in [1.807, 2.05) is 6.20 Å². The summed E-state index contributed by atoms with van der Waals surface area (Å²) < 4.78 is 0. The molecular weight excluding hydrogens is 356 g/mol. The van der Waals surface area contributed by atoms with Gasteiger partial charge in [-0.1, -0.05) is 0 Å². The van der Waals surface area contributed by atoms with Crippen LogP contribution in [0.15, 0.2) is 12.5 Å². The molecule has 0 amide bonds. The summed E-state index contributed by atoms with van der Waals surface area (Å²) in [5.74, 6) is 1.38. The number of fused-ring (bicyclic) bond motifs is 1. The number of H-pyrrole nitrogens is 1. The summed E-state index contributed by atoms with van der Waals surface area (Å²) in [6.45, 7) is 2.36. The first-order valence-corrected chi connectivity index (χ1v) is 9.83. The van der Waals surface area contributed by atoms with Crippen molar-refractivity contribution in [1.29, 1.82) is 0 Å². The molecule has 2 aromatic rings. The molecule has 2 aromatic heterocycles. The van der Waals surface area contributed by atoms with Gasteiger partial charge < -0.3 is 31.6 Å². The molecule has 3 heterocycles. The van der Waals surface area contributed by atoms with Crippen molar-refractivity contribution in [2.45, 2.75) is 25.1 Å². The zero-order chi connectivity index (χ0) is 18.7. The van der Waals surface area contributed by atoms with Crippen molar-refractivity contribution < 1.29 is 25.6 Å². The lowest BCUT2D eigenvalue weighted by Gasteiger charge is -2.12. The Morgan fingerprint density at radius 2 is 2.31 bits per heavy atom. The van der Waals surface area contributed by atoms with E-state index in [2.05, 4.69) is 20.7 Å². The smallest absolute Gasteiger partial charge is 0.362 e. The Bertz CT molecular complexity index is 770. The highest BCUT2D eigenvalue weighted by molar-refractivity contribution is 7.99. The maximum atomic E-state index is 10.8. The highest BCUT2D eigenvalue weighted by atomic mass is 32.2. The average Bonchev–Trinajstić information content (AvgIpc) is 3.16. The number of aromatic amines is 1. The molecule has 142 valence electrons. The number of thioether (sulfide) groups is 1. The molecule has 0 aromatic carbocycles. The molecule has 3 rings (SSSR count). The van der Waals surface area contributed by atoms with Gasteiger partial charge in [-0.25, -0.2) is 14.8 Å². The van der Waals surface area contributed by atoms with Gasteiger partial charge in [-0.2, -0.15) is 11.8 Å². The molecule has 1 unspecified atom stereocenters. The SMILES string of the molecule is Nc1ncnc2c(C[NH+]3C[C@H](CSCC[C@H]([NH3+])C(=O)O)[C@@H](O)C3)c[nH]c12. The van der Waals surface area contributed by atoms with E-state index in [-0.39, 0.29) is 12.0 Å². The lowest BCUT2D eigenvalue weighted by molar-refractivity contribution is -0.903. The topological polar surface area (TPSA) is 157 Å². The summed E-state index contributed by atoms with van der Waals surface area (Å²) in [6.07, 6.45) is 3.60. The quantitative estimate of drug-likeness (QED) is 0.281. The minimum atomic E-state index is -0.856. The van der Waals surface area contributed by atoms with Gasteiger partial charge in [0.25, 0.3) is 0 Å². The number of rotatable bonds is 8. The maximum Gasteiger partial charge on any atom is 0.362 e. The summed E-state index contributed by atoms with van der Waals surface area (Å²) in [7, 11) is 0. The first-order valence-electron chi connectivity index (χ1n) is 8.67. The number of aromatic nitrogens is 3. The Morgan fingerprint density at radius 1 is 1.50 bits per heavy atom. The fourth-order valence-electron chi connectivity index (χ4n) is 3.37. The van der Waals surface area contributed by atoms with Gasteiger partial charge in [0.15, 0.2) is 11.9 Å². The number of likely N-dealkylation sites (tertiary alicyclic amines) is 1. The van der Waals surface area contributed by atoms with Crippen molar-refractivity contribution >= 4 is 34.6 Å². The van der Waals surface area contributed by atoms with Crippen LogP contribution in [0.25, 0.3) is 11.0 Å². The number of aliphatic carboxylic acids is 1. The molecule has 10 heteroatoms. The molecule has 1 fully saturated rings. The lowest BCUT2D eigenvalue weighted by Crippen LogP contribution is -3.09. The second kappa shape index (κ2) is 8.21. The van der Waals surface area contributed by atoms with E-state index in [9.17, 15) is 9.90 Å². The van der Waals surface area contributed by atoms with Crippen LogP contribution in [0.4, 0.5) is 5.82 Å². The van der Waals surface area contributed by atoms with Gasteiger partial charge in [0, 0.05) is 24.3 Å². The van der Waals surface area contributed by atoms with E-state index < -0.39 is 12.0 Å². The molecule has 0 spiro atoms. The van der Waals surface area contributed by atoms with E-state index in [4.69, 9.17) is 10.8 Å². The van der Waals surface area contributed by atoms with Crippen molar-refractivity contribution in [3.8, 4) is 0 Å². The van der Waals surface area contributed by atoms with Crippen molar-refractivity contribution in [3.63, 3.8) is 0 Å². The van der Waals surface area contributed by atoms with Crippen molar-refractivity contribution in [2.75, 3.05) is 30.3 Å². The number of quaternary nitrogens is 2. The first kappa shape index (κ1) is 18.9. The number of nitrogen functional groups attached to an aromatic ring is 1. The van der Waals surface area contributed by atoms with Crippen LogP contribution in [-0.4, -0.2) is 67.9 Å². The number of carboxylic acid groups (broad SMARTS) is 1. The Morgan fingerprint density at radius 3 is 3.08 bits per heavy atom. The van der Waals surface area contributed by atoms with E-state index in [0.29, 0.717) is 18.8 Å². The largest absolute Gasteiger partial charge is 0.477 e. The summed E-state index contributed by atoms with van der Waals surface area (Å²) in [6, 6.07) is -0.561. The summed E-state index contributed by atoms with van der Waals surface area (Å²) in [4.78, 5) is 23.5. The molecular formula is C16H26N6O3S+2. The number of carboxylic acids is 1. The highest BCUT2D eigenvalue weighted by Crippen LogP contribution is 2.19. The molecule has 0 bridgehead atoms. The molecule has 1 aliphatic rings. The predicted octanol–water partition coefficient (Wildman–Crippen LogP) is -2.27. The van der Waals surface area contributed by atoms with Gasteiger partial charge >= 0.3 is 5.97 Å². The van der Waals surface area contributed by atoms with Crippen LogP contribution in [0.1, 0.15) is 12.0 Å². The molecule has 9 N–H and O–H groups in total. The van der Waals surface area contributed by atoms with Gasteiger partial charge in [-0.05, 0) is 5.75 Å². The number of hydrogen-bond donors (Lipinski definition) is 6. The predicted molar refractivity (Wildman–Crippen MR) is 98.5 cm³/mol. The fourth-order valence-corrected chi connectivity index (χ4v) is 4.63. The van der Waals surface area contributed by atoms with Crippen molar-refractivity contribution in [3.05, 3.63) is 18.1 Å². The number of nitrogens with zero attached hydrogens (tertiary/aromatic N) is 2. The summed E-state index contributed by atoms with van der Waals surface area (Å²) in [5.41, 5.74) is 12.1. The third-order valence-electron chi connectivity index (χ3n) is 4.90. The van der Waals surface area contributed by atoms with Crippen molar-refractivity contribution in [1.82, 2.24) is 15.0 Å². The van der Waals surface area contributed by atoms with E-state index in [0.717, 1.165) is 41.2 Å². The molecule has 1 saturated heterocycles. The van der Waals surface area contributed by atoms with Crippen LogP contribution in [-0.2, 0) is 11.3 Å². The second-order valence-electron chi connectivity index (χ2n) is 6.86.